The van der Waals surface area contributed by atoms with E-state index >= 15 is 0 Å². The molecule has 1 aliphatic heterocycles. The number of nitrogens with zero attached hydrogens (tertiary/aromatic N) is 1. The van der Waals surface area contributed by atoms with E-state index in [0.29, 0.717) is 6.54 Å². The SMILES string of the molecule is C=CC(=C)C1c2[nH]c3ccc(Br)cc3c2CCN1C=O.COc1ccc(C)cc1. The fourth-order valence-electron chi connectivity index (χ4n) is 3.58. The van der Waals surface area contributed by atoms with Gasteiger partial charge in [-0.25, -0.2) is 0 Å². The van der Waals surface area contributed by atoms with Gasteiger partial charge in [0, 0.05) is 27.6 Å². The summed E-state index contributed by atoms with van der Waals surface area (Å²) >= 11 is 3.51. The molecule has 1 atom stereocenters. The van der Waals surface area contributed by atoms with Crippen molar-refractivity contribution in [2.24, 2.45) is 0 Å². The van der Waals surface area contributed by atoms with Crippen LogP contribution >= 0.6 is 15.9 Å². The molecule has 1 N–H and O–H groups in total. The van der Waals surface area contributed by atoms with Gasteiger partial charge in [0.05, 0.1) is 13.2 Å². The minimum absolute atomic E-state index is 0.139. The lowest BCUT2D eigenvalue weighted by molar-refractivity contribution is -0.120. The number of rotatable bonds is 4. The molecule has 1 aromatic heterocycles. The van der Waals surface area contributed by atoms with Crippen molar-refractivity contribution in [3.63, 3.8) is 0 Å². The number of carbonyl (C=O) groups is 1. The van der Waals surface area contributed by atoms with E-state index in [9.17, 15) is 4.79 Å². The van der Waals surface area contributed by atoms with Crippen LogP contribution in [0, 0.1) is 6.92 Å². The number of carbonyl (C=O) groups excluding carboxylic acids is 1. The number of aromatic nitrogens is 1. The van der Waals surface area contributed by atoms with Gasteiger partial charge in [0.1, 0.15) is 5.75 Å². The van der Waals surface area contributed by atoms with Crippen LogP contribution < -0.4 is 4.74 Å². The number of amides is 1. The summed E-state index contributed by atoms with van der Waals surface area (Å²) < 4.78 is 6.03. The fourth-order valence-corrected chi connectivity index (χ4v) is 3.94. The van der Waals surface area contributed by atoms with Gasteiger partial charge in [-0.05, 0) is 54.8 Å². The Hall–Kier alpha value is -2.79. The number of fused-ring (bicyclic) bond motifs is 3. The highest BCUT2D eigenvalue weighted by Gasteiger charge is 2.30. The maximum absolute atomic E-state index is 11.3. The van der Waals surface area contributed by atoms with Gasteiger partial charge in [0.2, 0.25) is 6.41 Å². The van der Waals surface area contributed by atoms with Crippen molar-refractivity contribution in [2.45, 2.75) is 19.4 Å². The number of halogens is 1. The van der Waals surface area contributed by atoms with Gasteiger partial charge in [-0.3, -0.25) is 4.79 Å². The summed E-state index contributed by atoms with van der Waals surface area (Å²) in [5, 5.41) is 1.21. The Morgan fingerprint density at radius 1 is 1.28 bits per heavy atom. The third kappa shape index (κ3) is 4.46. The molecule has 0 spiro atoms. The van der Waals surface area contributed by atoms with Crippen molar-refractivity contribution in [1.29, 1.82) is 0 Å². The van der Waals surface area contributed by atoms with Crippen LogP contribution in [0.25, 0.3) is 10.9 Å². The molecule has 0 radical (unpaired) electrons. The second-order valence-corrected chi connectivity index (χ2v) is 7.91. The molecule has 1 aliphatic rings. The number of hydrogen-bond donors (Lipinski definition) is 1. The quantitative estimate of drug-likeness (QED) is 0.405. The minimum atomic E-state index is -0.139. The summed E-state index contributed by atoms with van der Waals surface area (Å²) in [6.45, 7) is 10.6. The van der Waals surface area contributed by atoms with Crippen molar-refractivity contribution in [3.05, 3.63) is 88.6 Å². The maximum atomic E-state index is 11.3. The zero-order valence-electron chi connectivity index (χ0n) is 16.7. The van der Waals surface area contributed by atoms with E-state index in [1.165, 1.54) is 16.5 Å². The van der Waals surface area contributed by atoms with Gasteiger partial charge >= 0.3 is 0 Å². The lowest BCUT2D eigenvalue weighted by atomic mass is 9.93. The highest BCUT2D eigenvalue weighted by atomic mass is 79.9. The zero-order valence-corrected chi connectivity index (χ0v) is 18.3. The van der Waals surface area contributed by atoms with Crippen molar-refractivity contribution >= 4 is 33.2 Å². The molecule has 0 saturated carbocycles. The van der Waals surface area contributed by atoms with Gasteiger partial charge in [-0.15, -0.1) is 0 Å². The first-order chi connectivity index (χ1) is 14.0. The second kappa shape index (κ2) is 9.14. The molecule has 0 aliphatic carbocycles. The predicted octanol–water partition coefficient (Wildman–Crippen LogP) is 5.73. The monoisotopic (exact) mass is 452 g/mol. The van der Waals surface area contributed by atoms with E-state index in [2.05, 4.69) is 53.1 Å². The number of H-pyrrole nitrogens is 1. The maximum Gasteiger partial charge on any atom is 0.210 e. The molecule has 4 nitrogen and oxygen atoms in total. The summed E-state index contributed by atoms with van der Waals surface area (Å²) in [6.07, 6.45) is 3.47. The van der Waals surface area contributed by atoms with E-state index in [1.807, 2.05) is 30.3 Å². The Morgan fingerprint density at radius 3 is 2.62 bits per heavy atom. The Labute approximate surface area is 180 Å². The third-order valence-electron chi connectivity index (χ3n) is 5.13. The third-order valence-corrected chi connectivity index (χ3v) is 5.63. The van der Waals surface area contributed by atoms with Crippen molar-refractivity contribution in [1.82, 2.24) is 9.88 Å². The molecule has 0 bridgehead atoms. The van der Waals surface area contributed by atoms with Crippen LogP contribution in [0.15, 0.2) is 71.7 Å². The molecule has 29 heavy (non-hydrogen) atoms. The number of hydrogen-bond acceptors (Lipinski definition) is 2. The molecule has 0 saturated heterocycles. The number of methoxy groups -OCH3 is 1. The van der Waals surface area contributed by atoms with Crippen LogP contribution in [0.2, 0.25) is 0 Å². The topological polar surface area (TPSA) is 45.3 Å². The molecule has 150 valence electrons. The molecule has 1 amide bonds. The van der Waals surface area contributed by atoms with Crippen LogP contribution in [-0.4, -0.2) is 29.9 Å². The van der Waals surface area contributed by atoms with Crippen LogP contribution in [0.4, 0.5) is 0 Å². The molecular weight excluding hydrogens is 428 g/mol. The zero-order chi connectivity index (χ0) is 21.0. The van der Waals surface area contributed by atoms with Gasteiger partial charge in [-0.1, -0.05) is 52.9 Å². The molecule has 4 rings (SSSR count). The molecular formula is C24H25BrN2O2. The summed E-state index contributed by atoms with van der Waals surface area (Å²) in [5.74, 6) is 0.917. The summed E-state index contributed by atoms with van der Waals surface area (Å²) in [7, 11) is 1.67. The summed E-state index contributed by atoms with van der Waals surface area (Å²) in [5.41, 5.74) is 5.51. The molecule has 2 aromatic carbocycles. The lowest BCUT2D eigenvalue weighted by Crippen LogP contribution is -2.34. The Bertz CT molecular complexity index is 1040. The number of ether oxygens (including phenoxy) is 1. The molecule has 2 heterocycles. The van der Waals surface area contributed by atoms with Crippen LogP contribution in [-0.2, 0) is 11.2 Å². The van der Waals surface area contributed by atoms with E-state index in [-0.39, 0.29) is 6.04 Å². The Kier molecular flexibility index (Phi) is 6.60. The molecule has 0 fully saturated rings. The van der Waals surface area contributed by atoms with E-state index in [4.69, 9.17) is 4.74 Å². The Morgan fingerprint density at radius 2 is 2.00 bits per heavy atom. The fraction of sp³-hybridized carbons (Fsp3) is 0.208. The summed E-state index contributed by atoms with van der Waals surface area (Å²) in [4.78, 5) is 16.5. The van der Waals surface area contributed by atoms with Crippen molar-refractivity contribution in [2.75, 3.05) is 13.7 Å². The summed E-state index contributed by atoms with van der Waals surface area (Å²) in [6, 6.07) is 14.0. The molecule has 5 heteroatoms. The number of aryl methyl sites for hydroxylation is 1. The van der Waals surface area contributed by atoms with Crippen molar-refractivity contribution < 1.29 is 9.53 Å². The first-order valence-electron chi connectivity index (χ1n) is 9.41. The van der Waals surface area contributed by atoms with Gasteiger partial charge in [-0.2, -0.15) is 0 Å². The minimum Gasteiger partial charge on any atom is -0.497 e. The lowest BCUT2D eigenvalue weighted by Gasteiger charge is -2.33. The van der Waals surface area contributed by atoms with E-state index < -0.39 is 0 Å². The average Bonchev–Trinajstić information content (AvgIpc) is 3.11. The van der Waals surface area contributed by atoms with Crippen molar-refractivity contribution in [3.8, 4) is 5.75 Å². The molecule has 3 aromatic rings. The van der Waals surface area contributed by atoms with Crippen LogP contribution in [0.1, 0.15) is 22.9 Å². The number of aromatic amines is 1. The number of benzene rings is 2. The van der Waals surface area contributed by atoms with E-state index in [0.717, 1.165) is 39.8 Å². The van der Waals surface area contributed by atoms with E-state index in [1.54, 1.807) is 18.1 Å². The normalized spacial score (nSPS) is 15.1. The second-order valence-electron chi connectivity index (χ2n) is 7.00. The molecule has 1 unspecified atom stereocenters. The number of nitrogens with one attached hydrogen (secondary N) is 1. The van der Waals surface area contributed by atoms with Crippen LogP contribution in [0.5, 0.6) is 5.75 Å². The standard InChI is InChI=1S/C16H15BrN2O.C8H10O/c1-3-10(2)16-15-12(6-7-19(16)9-20)13-8-11(17)4-5-14(13)18-15;1-7-3-5-8(9-2)6-4-7/h3-5,8-9,16,18H,1-2,6-7H2;3-6H,1-2H3. The largest absolute Gasteiger partial charge is 0.497 e. The van der Waals surface area contributed by atoms with Gasteiger partial charge in [0.25, 0.3) is 0 Å². The highest BCUT2D eigenvalue weighted by Crippen LogP contribution is 2.38. The smallest absolute Gasteiger partial charge is 0.210 e. The van der Waals surface area contributed by atoms with Gasteiger partial charge < -0.3 is 14.6 Å². The van der Waals surface area contributed by atoms with Crippen LogP contribution in [0.3, 0.4) is 0 Å². The predicted molar refractivity (Wildman–Crippen MR) is 122 cm³/mol. The highest BCUT2D eigenvalue weighted by molar-refractivity contribution is 9.10. The van der Waals surface area contributed by atoms with Gasteiger partial charge in [0.15, 0.2) is 0 Å². The first kappa shape index (κ1) is 20.9. The first-order valence-corrected chi connectivity index (χ1v) is 10.2. The average molecular weight is 453 g/mol. The Balaban J connectivity index is 0.000000224.